The summed E-state index contributed by atoms with van der Waals surface area (Å²) >= 11 is 0. The third-order valence-electron chi connectivity index (χ3n) is 0. The minimum Gasteiger partial charge on any atom is -0.450 e. The molecule has 30 valence electrons. The van der Waals surface area contributed by atoms with Crippen LogP contribution in [0.3, 0.4) is 0 Å². The Morgan fingerprint density at radius 3 is 1.40 bits per heavy atom. The summed E-state index contributed by atoms with van der Waals surface area (Å²) in [6.07, 6.45) is -1.83. The Kier molecular flexibility index (Phi) is 6.70. The van der Waals surface area contributed by atoms with E-state index in [0.29, 0.717) is 0 Å². The second-order valence-corrected chi connectivity index (χ2v) is 0.283. The Bertz CT molecular complexity index is 29.9. The molecule has 4 heteroatoms. The van der Waals surface area contributed by atoms with Gasteiger partial charge in [-0.3, -0.25) is 0 Å². The van der Waals surface area contributed by atoms with Crippen LogP contribution in [-0.4, -0.2) is 33.4 Å². The number of rotatable bonds is 0. The van der Waals surface area contributed by atoms with Crippen molar-refractivity contribution in [2.45, 2.75) is 0 Å². The van der Waals surface area contributed by atoms with Gasteiger partial charge in [0.1, 0.15) is 0 Å². The van der Waals surface area contributed by atoms with E-state index in [1.165, 1.54) is 0 Å². The van der Waals surface area contributed by atoms with E-state index >= 15 is 0 Å². The Morgan fingerprint density at radius 2 is 1.40 bits per heavy atom. The van der Waals surface area contributed by atoms with Crippen molar-refractivity contribution in [2.75, 3.05) is 0 Å². The molecule has 2 radical (unpaired) electrons. The molecule has 0 saturated carbocycles. The number of carbonyl (C=O) groups is 1. The van der Waals surface area contributed by atoms with Gasteiger partial charge in [-0.05, 0) is 0 Å². The second kappa shape index (κ2) is 3.79. The normalized spacial score (nSPS) is 4.80. The van der Waals surface area contributed by atoms with Crippen LogP contribution in [0.1, 0.15) is 0 Å². The third-order valence-corrected chi connectivity index (χ3v) is 0. The molecule has 0 aliphatic carbocycles. The molecule has 5 heavy (non-hydrogen) atoms. The summed E-state index contributed by atoms with van der Waals surface area (Å²) in [7, 11) is 0. The maximum absolute atomic E-state index is 8.56. The maximum Gasteiger partial charge on any atom is 0.503 e. The number of hydrogen-bond donors (Lipinski definition) is 2. The van der Waals surface area contributed by atoms with Gasteiger partial charge in [0, 0.05) is 17.1 Å². The van der Waals surface area contributed by atoms with Crippen molar-refractivity contribution in [3.63, 3.8) is 0 Å². The molecule has 0 spiro atoms. The van der Waals surface area contributed by atoms with Crippen LogP contribution in [0, 0.1) is 0 Å². The summed E-state index contributed by atoms with van der Waals surface area (Å²) in [6.45, 7) is 0. The predicted octanol–water partition coefficient (Wildman–Crippen LogP) is -0.158. The topological polar surface area (TPSA) is 57.5 Å². The van der Waals surface area contributed by atoms with E-state index in [1.807, 2.05) is 0 Å². The minimum atomic E-state index is -1.83. The summed E-state index contributed by atoms with van der Waals surface area (Å²) in [5, 5.41) is 13.9. The van der Waals surface area contributed by atoms with E-state index in [2.05, 4.69) is 0 Å². The molecule has 0 fully saturated rings. The van der Waals surface area contributed by atoms with Crippen molar-refractivity contribution in [2.24, 2.45) is 0 Å². The largest absolute Gasteiger partial charge is 0.503 e. The summed E-state index contributed by atoms with van der Waals surface area (Å²) in [5.41, 5.74) is 0. The predicted molar refractivity (Wildman–Crippen MR) is 16.4 cm³/mol. The van der Waals surface area contributed by atoms with E-state index in [0.717, 1.165) is 0 Å². The molecule has 0 saturated heterocycles. The molecule has 0 bridgehead atoms. The van der Waals surface area contributed by atoms with Crippen LogP contribution in [0.5, 0.6) is 0 Å². The van der Waals surface area contributed by atoms with Gasteiger partial charge >= 0.3 is 6.16 Å². The number of hydrogen-bond acceptors (Lipinski definition) is 1. The van der Waals surface area contributed by atoms with E-state index in [-0.39, 0.29) is 17.1 Å². The fraction of sp³-hybridized carbons (Fsp3) is 0. The monoisotopic (exact) mass is 142 g/mol. The summed E-state index contributed by atoms with van der Waals surface area (Å²) < 4.78 is 0. The van der Waals surface area contributed by atoms with Gasteiger partial charge in [0.05, 0.1) is 0 Å². The first-order chi connectivity index (χ1) is 1.73. The molecule has 0 aliphatic heterocycles. The molecule has 0 atom stereocenters. The van der Waals surface area contributed by atoms with Crippen LogP contribution in [0.25, 0.3) is 0 Å². The Balaban J connectivity index is 0. The summed E-state index contributed by atoms with van der Waals surface area (Å²) in [4.78, 5) is 8.56. The van der Waals surface area contributed by atoms with Crippen molar-refractivity contribution in [3.05, 3.63) is 0 Å². The Hall–Kier alpha value is -0.211. The van der Waals surface area contributed by atoms with Crippen molar-refractivity contribution in [3.8, 4) is 0 Å². The zero-order valence-corrected chi connectivity index (χ0v) is 3.92. The van der Waals surface area contributed by atoms with Gasteiger partial charge in [-0.25, -0.2) is 4.79 Å². The number of carboxylic acid groups (broad SMARTS) is 2. The van der Waals surface area contributed by atoms with Crippen LogP contribution in [0.2, 0.25) is 0 Å². The molecule has 0 heterocycles. The molecule has 0 aromatic carbocycles. The quantitative estimate of drug-likeness (QED) is 0.461. The first-order valence-corrected chi connectivity index (χ1v) is 0.651. The van der Waals surface area contributed by atoms with E-state index in [1.54, 1.807) is 0 Å². The van der Waals surface area contributed by atoms with E-state index < -0.39 is 6.16 Å². The molecule has 0 unspecified atom stereocenters. The molecule has 3 nitrogen and oxygen atoms in total. The molecule has 0 amide bonds. The van der Waals surface area contributed by atoms with Crippen molar-refractivity contribution < 1.29 is 15.0 Å². The van der Waals surface area contributed by atoms with E-state index in [4.69, 9.17) is 15.0 Å². The maximum atomic E-state index is 8.56. The third kappa shape index (κ3) is 274. The van der Waals surface area contributed by atoms with Crippen LogP contribution in [-0.2, 0) is 0 Å². The fourth-order valence-corrected chi connectivity index (χ4v) is 0. The van der Waals surface area contributed by atoms with Gasteiger partial charge in [0.2, 0.25) is 0 Å². The molecular formula is CH2O3Se. The first kappa shape index (κ1) is 8.84. The van der Waals surface area contributed by atoms with Crippen LogP contribution in [0.15, 0.2) is 0 Å². The minimum absolute atomic E-state index is 0. The average molecular weight is 141 g/mol. The smallest absolute Gasteiger partial charge is 0.450 e. The van der Waals surface area contributed by atoms with Crippen LogP contribution >= 0.6 is 0 Å². The molecule has 0 aliphatic rings. The van der Waals surface area contributed by atoms with Gasteiger partial charge in [-0.1, -0.05) is 0 Å². The van der Waals surface area contributed by atoms with Gasteiger partial charge in [0.15, 0.2) is 0 Å². The molecular weight excluding hydrogens is 139 g/mol. The van der Waals surface area contributed by atoms with Gasteiger partial charge in [-0.15, -0.1) is 0 Å². The van der Waals surface area contributed by atoms with Gasteiger partial charge in [-0.2, -0.15) is 0 Å². The average Bonchev–Trinajstić information content (AvgIpc) is 0.811. The Labute approximate surface area is 39.1 Å². The van der Waals surface area contributed by atoms with Gasteiger partial charge in [0.25, 0.3) is 0 Å². The van der Waals surface area contributed by atoms with Crippen molar-refractivity contribution in [1.29, 1.82) is 0 Å². The molecule has 0 rings (SSSR count). The van der Waals surface area contributed by atoms with Crippen molar-refractivity contribution >= 4 is 23.2 Å². The zero-order chi connectivity index (χ0) is 3.58. The zero-order valence-electron chi connectivity index (χ0n) is 2.21. The van der Waals surface area contributed by atoms with E-state index in [9.17, 15) is 0 Å². The fourth-order valence-electron chi connectivity index (χ4n) is 0. The van der Waals surface area contributed by atoms with Crippen molar-refractivity contribution in [1.82, 2.24) is 0 Å². The first-order valence-electron chi connectivity index (χ1n) is 0.651. The summed E-state index contributed by atoms with van der Waals surface area (Å²) in [5.74, 6) is 0. The second-order valence-electron chi connectivity index (χ2n) is 0.283. The molecule has 2 N–H and O–H groups in total. The van der Waals surface area contributed by atoms with Crippen LogP contribution in [0.4, 0.5) is 4.79 Å². The SMILES string of the molecule is O=C(O)O.[Se]. The summed E-state index contributed by atoms with van der Waals surface area (Å²) in [6, 6.07) is 0. The standard InChI is InChI=1S/CH2O3.Se/c2-1(3)4;/h(H2,2,3,4);. The molecule has 0 aromatic heterocycles. The van der Waals surface area contributed by atoms with Crippen LogP contribution < -0.4 is 0 Å². The van der Waals surface area contributed by atoms with Gasteiger partial charge < -0.3 is 10.2 Å². The Morgan fingerprint density at radius 1 is 1.40 bits per heavy atom. The molecule has 0 aromatic rings.